The normalized spacial score (nSPS) is 10.6. The average molecular weight is 440 g/mol. The Morgan fingerprint density at radius 2 is 1.70 bits per heavy atom. The molecule has 0 atom stereocenters. The Labute approximate surface area is 192 Å². The number of rotatable bonds is 6. The van der Waals surface area contributed by atoms with Crippen molar-refractivity contribution in [1.29, 1.82) is 0 Å². The van der Waals surface area contributed by atoms with Crippen LogP contribution in [-0.2, 0) is 4.74 Å². The van der Waals surface area contributed by atoms with Gasteiger partial charge in [-0.1, -0.05) is 42.5 Å². The molecular weight excluding hydrogens is 414 g/mol. The van der Waals surface area contributed by atoms with Gasteiger partial charge in [-0.2, -0.15) is 0 Å². The van der Waals surface area contributed by atoms with Crippen LogP contribution in [0.5, 0.6) is 0 Å². The van der Waals surface area contributed by atoms with Crippen LogP contribution >= 0.6 is 0 Å². The Hall–Kier alpha value is -4.19. The number of aromatic nitrogens is 2. The predicted octanol–water partition coefficient (Wildman–Crippen LogP) is 5.59. The third-order valence-corrected chi connectivity index (χ3v) is 5.31. The fourth-order valence-corrected chi connectivity index (χ4v) is 3.76. The van der Waals surface area contributed by atoms with Gasteiger partial charge in [0, 0.05) is 22.6 Å². The first kappa shape index (κ1) is 22.0. The molecule has 0 fully saturated rings. The average Bonchev–Trinajstić information content (AvgIpc) is 3.17. The van der Waals surface area contributed by atoms with Crippen molar-refractivity contribution >= 4 is 17.7 Å². The number of carbonyl (C=O) groups is 2. The number of nitrogens with one attached hydrogen (secondary N) is 1. The van der Waals surface area contributed by atoms with E-state index in [4.69, 9.17) is 4.74 Å². The molecule has 2 aromatic heterocycles. The maximum Gasteiger partial charge on any atom is 0.339 e. The van der Waals surface area contributed by atoms with Crippen LogP contribution in [0.4, 0.5) is 5.82 Å². The van der Waals surface area contributed by atoms with Crippen molar-refractivity contribution < 1.29 is 14.3 Å². The zero-order valence-electron chi connectivity index (χ0n) is 18.8. The summed E-state index contributed by atoms with van der Waals surface area (Å²) in [6.07, 6.45) is 0. The fourth-order valence-electron chi connectivity index (χ4n) is 3.76. The van der Waals surface area contributed by atoms with Gasteiger partial charge in [-0.15, -0.1) is 0 Å². The van der Waals surface area contributed by atoms with Crippen molar-refractivity contribution in [3.63, 3.8) is 0 Å². The lowest BCUT2D eigenvalue weighted by Crippen LogP contribution is -2.14. The summed E-state index contributed by atoms with van der Waals surface area (Å²) < 4.78 is 7.24. The monoisotopic (exact) mass is 439 g/mol. The van der Waals surface area contributed by atoms with Crippen molar-refractivity contribution in [2.75, 3.05) is 11.9 Å². The molecule has 6 nitrogen and oxygen atoms in total. The van der Waals surface area contributed by atoms with E-state index in [1.165, 1.54) is 0 Å². The van der Waals surface area contributed by atoms with Crippen molar-refractivity contribution in [3.05, 3.63) is 101 Å². The van der Waals surface area contributed by atoms with Gasteiger partial charge in [0.1, 0.15) is 5.82 Å². The van der Waals surface area contributed by atoms with Crippen LogP contribution in [0.1, 0.15) is 39.0 Å². The van der Waals surface area contributed by atoms with Gasteiger partial charge in [0.2, 0.25) is 0 Å². The van der Waals surface area contributed by atoms with E-state index < -0.39 is 0 Å². The Balaban J connectivity index is 1.77. The molecule has 0 aliphatic carbocycles. The summed E-state index contributed by atoms with van der Waals surface area (Å²) in [7, 11) is 0. The van der Waals surface area contributed by atoms with Crippen LogP contribution in [0.25, 0.3) is 16.9 Å². The summed E-state index contributed by atoms with van der Waals surface area (Å²) in [5.74, 6) is -0.130. The van der Waals surface area contributed by atoms with Crippen LogP contribution < -0.4 is 5.32 Å². The zero-order chi connectivity index (χ0) is 23.4. The highest BCUT2D eigenvalue weighted by Gasteiger charge is 2.21. The molecule has 4 aromatic rings. The minimum atomic E-state index is -0.370. The number of ether oxygens (including phenoxy) is 1. The number of anilines is 1. The van der Waals surface area contributed by atoms with Crippen molar-refractivity contribution in [3.8, 4) is 16.9 Å². The van der Waals surface area contributed by atoms with Gasteiger partial charge in [-0.25, -0.2) is 9.78 Å². The molecule has 0 saturated carbocycles. The molecule has 6 heteroatoms. The second-order valence-corrected chi connectivity index (χ2v) is 7.62. The van der Waals surface area contributed by atoms with E-state index in [1.54, 1.807) is 25.1 Å². The molecule has 0 saturated heterocycles. The highest BCUT2D eigenvalue weighted by atomic mass is 16.5. The summed E-state index contributed by atoms with van der Waals surface area (Å²) in [6, 6.07) is 24.4. The second-order valence-electron chi connectivity index (χ2n) is 7.62. The van der Waals surface area contributed by atoms with E-state index in [2.05, 4.69) is 10.3 Å². The maximum atomic E-state index is 12.9. The topological polar surface area (TPSA) is 73.2 Å². The molecule has 166 valence electrons. The second kappa shape index (κ2) is 9.53. The van der Waals surface area contributed by atoms with E-state index in [0.29, 0.717) is 23.6 Å². The number of esters is 1. The van der Waals surface area contributed by atoms with Crippen LogP contribution in [-0.4, -0.2) is 28.0 Å². The number of nitrogens with zero attached hydrogens (tertiary/aromatic N) is 2. The predicted molar refractivity (Wildman–Crippen MR) is 129 cm³/mol. The Bertz CT molecular complexity index is 1310. The maximum absolute atomic E-state index is 12.9. The molecule has 1 N–H and O–H groups in total. The molecule has 0 radical (unpaired) electrons. The lowest BCUT2D eigenvalue weighted by Gasteiger charge is -2.14. The Morgan fingerprint density at radius 1 is 0.939 bits per heavy atom. The summed E-state index contributed by atoms with van der Waals surface area (Å²) >= 11 is 0. The number of pyridine rings is 1. The molecule has 4 rings (SSSR count). The molecule has 2 aromatic carbocycles. The standard InChI is InChI=1S/C27H25N3O3/c1-4-33-27(32)23-17-24(20-11-6-5-7-12-20)30(19(23)3)22-14-9-13-21(16-22)26(31)29-25-15-8-10-18(2)28-25/h5-17H,4H2,1-3H3,(H,28,29,31). The van der Waals surface area contributed by atoms with Gasteiger partial charge in [-0.05, 0) is 62.7 Å². The van der Waals surface area contributed by atoms with E-state index in [0.717, 1.165) is 28.3 Å². The van der Waals surface area contributed by atoms with Crippen molar-refractivity contribution in [2.24, 2.45) is 0 Å². The zero-order valence-corrected chi connectivity index (χ0v) is 18.8. The molecule has 33 heavy (non-hydrogen) atoms. The number of benzene rings is 2. The summed E-state index contributed by atoms with van der Waals surface area (Å²) in [4.78, 5) is 29.8. The highest BCUT2D eigenvalue weighted by Crippen LogP contribution is 2.30. The minimum Gasteiger partial charge on any atom is -0.462 e. The molecule has 2 heterocycles. The summed E-state index contributed by atoms with van der Waals surface area (Å²) in [5.41, 5.74) is 5.11. The smallest absolute Gasteiger partial charge is 0.339 e. The third-order valence-electron chi connectivity index (χ3n) is 5.31. The van der Waals surface area contributed by atoms with E-state index in [-0.39, 0.29) is 11.9 Å². The quantitative estimate of drug-likeness (QED) is 0.398. The molecule has 1 amide bonds. The van der Waals surface area contributed by atoms with Crippen molar-refractivity contribution in [2.45, 2.75) is 20.8 Å². The van der Waals surface area contributed by atoms with E-state index >= 15 is 0 Å². The van der Waals surface area contributed by atoms with Gasteiger partial charge >= 0.3 is 5.97 Å². The van der Waals surface area contributed by atoms with Crippen LogP contribution in [0.2, 0.25) is 0 Å². The van der Waals surface area contributed by atoms with Crippen molar-refractivity contribution in [1.82, 2.24) is 9.55 Å². The van der Waals surface area contributed by atoms with Gasteiger partial charge < -0.3 is 14.6 Å². The number of aryl methyl sites for hydroxylation is 1. The van der Waals surface area contributed by atoms with Crippen LogP contribution in [0, 0.1) is 13.8 Å². The van der Waals surface area contributed by atoms with Crippen LogP contribution in [0.15, 0.2) is 78.9 Å². The van der Waals surface area contributed by atoms with Gasteiger partial charge in [0.15, 0.2) is 0 Å². The summed E-state index contributed by atoms with van der Waals surface area (Å²) in [6.45, 7) is 5.83. The minimum absolute atomic E-state index is 0.258. The fraction of sp³-hybridized carbons (Fsp3) is 0.148. The molecule has 0 spiro atoms. The van der Waals surface area contributed by atoms with Gasteiger partial charge in [0.05, 0.1) is 17.9 Å². The molecule has 0 bridgehead atoms. The molecule has 0 aliphatic heterocycles. The Kier molecular flexibility index (Phi) is 6.36. The first-order valence-corrected chi connectivity index (χ1v) is 10.8. The van der Waals surface area contributed by atoms with E-state index in [1.807, 2.05) is 79.1 Å². The third kappa shape index (κ3) is 4.70. The van der Waals surface area contributed by atoms with Gasteiger partial charge in [0.25, 0.3) is 5.91 Å². The number of hydrogen-bond acceptors (Lipinski definition) is 4. The SMILES string of the molecule is CCOC(=O)c1cc(-c2ccccc2)n(-c2cccc(C(=O)Nc3cccc(C)n3)c2)c1C. The molecule has 0 aliphatic rings. The number of hydrogen-bond donors (Lipinski definition) is 1. The first-order valence-electron chi connectivity index (χ1n) is 10.8. The summed E-state index contributed by atoms with van der Waals surface area (Å²) in [5, 5.41) is 2.85. The Morgan fingerprint density at radius 3 is 2.42 bits per heavy atom. The van der Waals surface area contributed by atoms with Gasteiger partial charge in [-0.3, -0.25) is 4.79 Å². The van der Waals surface area contributed by atoms with E-state index in [9.17, 15) is 9.59 Å². The number of carbonyl (C=O) groups excluding carboxylic acids is 2. The van der Waals surface area contributed by atoms with Crippen LogP contribution in [0.3, 0.4) is 0 Å². The lowest BCUT2D eigenvalue weighted by molar-refractivity contribution is 0.0525. The largest absolute Gasteiger partial charge is 0.462 e. The number of amides is 1. The molecule has 0 unspecified atom stereocenters. The first-order chi connectivity index (χ1) is 16.0. The molecular formula is C27H25N3O3. The highest BCUT2D eigenvalue weighted by molar-refractivity contribution is 6.04. The lowest BCUT2D eigenvalue weighted by atomic mass is 10.1.